The molecule has 0 radical (unpaired) electrons. The number of aromatic nitrogens is 2. The summed E-state index contributed by atoms with van der Waals surface area (Å²) in [5.74, 6) is -0.0208. The zero-order valence-electron chi connectivity index (χ0n) is 18.6. The third kappa shape index (κ3) is 4.78. The van der Waals surface area contributed by atoms with Gasteiger partial charge in [-0.2, -0.15) is 0 Å². The highest BCUT2D eigenvalue weighted by atomic mass is 32.1. The van der Waals surface area contributed by atoms with Gasteiger partial charge in [0.2, 0.25) is 5.91 Å². The molecule has 1 aliphatic heterocycles. The highest BCUT2D eigenvalue weighted by molar-refractivity contribution is 7.80. The standard InChI is InChI=1S/C26H29N5OS/c32-23(28-20-8-2-1-3-9-20)14-17-31-25(19-13-16-30(18-19)21-10-4-5-11-21)24(29-26(31)33)22-12-6-7-15-27-22/h1-3,6-9,12-13,15-16,18,21,24-25H,4-5,10-11,14,17H2,(H,28,32)(H,29,33)/t24-,25-/m0/s1. The first kappa shape index (κ1) is 21.6. The number of hydrogen-bond donors (Lipinski definition) is 2. The molecule has 6 nitrogen and oxygen atoms in total. The van der Waals surface area contributed by atoms with Crippen LogP contribution in [-0.2, 0) is 4.79 Å². The predicted octanol–water partition coefficient (Wildman–Crippen LogP) is 5.00. The minimum Gasteiger partial charge on any atom is -0.352 e. The van der Waals surface area contributed by atoms with Gasteiger partial charge in [0, 0.05) is 43.3 Å². The van der Waals surface area contributed by atoms with Gasteiger partial charge < -0.3 is 20.1 Å². The fraction of sp³-hybridized carbons (Fsp3) is 0.346. The Morgan fingerprint density at radius 3 is 2.64 bits per heavy atom. The number of rotatable bonds is 7. The number of thiocarbonyl (C=S) groups is 1. The fourth-order valence-corrected chi connectivity index (χ4v) is 5.34. The molecule has 7 heteroatoms. The minimum atomic E-state index is -0.0599. The summed E-state index contributed by atoms with van der Waals surface area (Å²) in [4.78, 5) is 19.4. The quantitative estimate of drug-likeness (QED) is 0.487. The number of amides is 1. The van der Waals surface area contributed by atoms with Crippen LogP contribution in [0.5, 0.6) is 0 Å². The van der Waals surface area contributed by atoms with E-state index in [1.165, 1.54) is 31.2 Å². The van der Waals surface area contributed by atoms with Crippen LogP contribution in [0, 0.1) is 0 Å². The van der Waals surface area contributed by atoms with Gasteiger partial charge in [-0.05, 0) is 61.0 Å². The van der Waals surface area contributed by atoms with Crippen molar-refractivity contribution in [2.45, 2.75) is 50.2 Å². The molecule has 5 rings (SSSR count). The Balaban J connectivity index is 1.36. The monoisotopic (exact) mass is 459 g/mol. The zero-order chi connectivity index (χ0) is 22.6. The molecule has 0 spiro atoms. The van der Waals surface area contributed by atoms with Crippen molar-refractivity contribution >= 4 is 28.9 Å². The molecule has 2 N–H and O–H groups in total. The van der Waals surface area contributed by atoms with Crippen molar-refractivity contribution in [2.24, 2.45) is 0 Å². The molecular formula is C26H29N5OS. The Morgan fingerprint density at radius 1 is 1.09 bits per heavy atom. The summed E-state index contributed by atoms with van der Waals surface area (Å²) in [7, 11) is 0. The van der Waals surface area contributed by atoms with Crippen molar-refractivity contribution in [3.05, 3.63) is 84.4 Å². The lowest BCUT2D eigenvalue weighted by Crippen LogP contribution is -2.32. The highest BCUT2D eigenvalue weighted by Gasteiger charge is 2.40. The SMILES string of the molecule is O=C(CCN1C(=S)N[C@@H](c2ccccn2)[C@@H]1c1ccn(C2CCCC2)c1)Nc1ccccc1. The van der Waals surface area contributed by atoms with Gasteiger partial charge in [0.1, 0.15) is 0 Å². The van der Waals surface area contributed by atoms with Gasteiger partial charge in [0.25, 0.3) is 0 Å². The van der Waals surface area contributed by atoms with Gasteiger partial charge in [0.15, 0.2) is 5.11 Å². The van der Waals surface area contributed by atoms with E-state index in [1.807, 2.05) is 54.7 Å². The second kappa shape index (κ2) is 9.75. The summed E-state index contributed by atoms with van der Waals surface area (Å²) in [6.45, 7) is 0.535. The third-order valence-electron chi connectivity index (χ3n) is 6.66. The van der Waals surface area contributed by atoms with Crippen molar-refractivity contribution in [1.82, 2.24) is 19.8 Å². The molecule has 0 bridgehead atoms. The average Bonchev–Trinajstić information content (AvgIpc) is 3.59. The number of hydrogen-bond acceptors (Lipinski definition) is 3. The first-order valence-corrected chi connectivity index (χ1v) is 12.1. The van der Waals surface area contributed by atoms with Crippen LogP contribution in [0.1, 0.15) is 61.5 Å². The van der Waals surface area contributed by atoms with Crippen LogP contribution in [0.25, 0.3) is 0 Å². The zero-order valence-corrected chi connectivity index (χ0v) is 19.4. The Labute approximate surface area is 200 Å². The Morgan fingerprint density at radius 2 is 1.88 bits per heavy atom. The summed E-state index contributed by atoms with van der Waals surface area (Å²) in [5.41, 5.74) is 2.96. The van der Waals surface area contributed by atoms with Crippen molar-refractivity contribution in [2.75, 3.05) is 11.9 Å². The maximum Gasteiger partial charge on any atom is 0.226 e. The van der Waals surface area contributed by atoms with Crippen molar-refractivity contribution in [1.29, 1.82) is 0 Å². The van der Waals surface area contributed by atoms with Crippen LogP contribution in [0.3, 0.4) is 0 Å². The maximum atomic E-state index is 12.6. The van der Waals surface area contributed by atoms with Gasteiger partial charge in [-0.3, -0.25) is 9.78 Å². The van der Waals surface area contributed by atoms with Crippen LogP contribution >= 0.6 is 12.2 Å². The van der Waals surface area contributed by atoms with Gasteiger partial charge in [-0.1, -0.05) is 37.1 Å². The van der Waals surface area contributed by atoms with Crippen LogP contribution < -0.4 is 10.6 Å². The largest absolute Gasteiger partial charge is 0.352 e. The first-order valence-electron chi connectivity index (χ1n) is 11.7. The van der Waals surface area contributed by atoms with E-state index in [0.717, 1.165) is 11.4 Å². The van der Waals surface area contributed by atoms with E-state index >= 15 is 0 Å². The number of nitrogens with zero attached hydrogens (tertiary/aromatic N) is 3. The minimum absolute atomic E-state index is 0.0143. The van der Waals surface area contributed by atoms with Crippen molar-refractivity contribution in [3.8, 4) is 0 Å². The normalized spacial score (nSPS) is 20.7. The van der Waals surface area contributed by atoms with E-state index in [2.05, 4.69) is 43.5 Å². The molecule has 1 amide bonds. The molecule has 2 aromatic heterocycles. The van der Waals surface area contributed by atoms with E-state index < -0.39 is 0 Å². The molecule has 1 saturated heterocycles. The van der Waals surface area contributed by atoms with Gasteiger partial charge in [0.05, 0.1) is 17.8 Å². The molecular weight excluding hydrogens is 430 g/mol. The lowest BCUT2D eigenvalue weighted by molar-refractivity contribution is -0.116. The predicted molar refractivity (Wildman–Crippen MR) is 134 cm³/mol. The van der Waals surface area contributed by atoms with Gasteiger partial charge in [-0.15, -0.1) is 0 Å². The number of pyridine rings is 1. The van der Waals surface area contributed by atoms with E-state index in [9.17, 15) is 4.79 Å². The van der Waals surface area contributed by atoms with Crippen LogP contribution in [-0.4, -0.2) is 32.0 Å². The summed E-state index contributed by atoms with van der Waals surface area (Å²) in [6.07, 6.45) is 11.7. The molecule has 170 valence electrons. The molecule has 2 atom stereocenters. The Kier molecular flexibility index (Phi) is 6.39. The third-order valence-corrected chi connectivity index (χ3v) is 7.01. The Bertz CT molecular complexity index is 1090. The van der Waals surface area contributed by atoms with Crippen LogP contribution in [0.4, 0.5) is 5.69 Å². The van der Waals surface area contributed by atoms with Crippen molar-refractivity contribution in [3.63, 3.8) is 0 Å². The summed E-state index contributed by atoms with van der Waals surface area (Å²) in [5, 5.41) is 7.11. The first-order chi connectivity index (χ1) is 16.2. The Hall–Kier alpha value is -3.19. The molecule has 33 heavy (non-hydrogen) atoms. The molecule has 2 fully saturated rings. The topological polar surface area (TPSA) is 62.2 Å². The lowest BCUT2D eigenvalue weighted by Gasteiger charge is -2.27. The maximum absolute atomic E-state index is 12.6. The molecule has 1 aromatic carbocycles. The summed E-state index contributed by atoms with van der Waals surface area (Å²) >= 11 is 5.74. The van der Waals surface area contributed by atoms with Crippen LogP contribution in [0.2, 0.25) is 0 Å². The van der Waals surface area contributed by atoms with Crippen molar-refractivity contribution < 1.29 is 4.79 Å². The molecule has 3 heterocycles. The van der Waals surface area contributed by atoms with Gasteiger partial charge in [-0.25, -0.2) is 0 Å². The number of para-hydroxylation sites is 1. The molecule has 1 saturated carbocycles. The number of nitrogens with one attached hydrogen (secondary N) is 2. The second-order valence-corrected chi connectivity index (χ2v) is 9.20. The molecule has 3 aromatic rings. The number of carbonyl (C=O) groups excluding carboxylic acids is 1. The molecule has 0 unspecified atom stereocenters. The second-order valence-electron chi connectivity index (χ2n) is 8.81. The summed E-state index contributed by atoms with van der Waals surface area (Å²) < 4.78 is 2.36. The van der Waals surface area contributed by atoms with E-state index in [1.54, 1.807) is 0 Å². The number of benzene rings is 1. The smallest absolute Gasteiger partial charge is 0.226 e. The van der Waals surface area contributed by atoms with Crippen LogP contribution in [0.15, 0.2) is 73.2 Å². The highest BCUT2D eigenvalue weighted by Crippen LogP contribution is 2.40. The van der Waals surface area contributed by atoms with Gasteiger partial charge >= 0.3 is 0 Å². The van der Waals surface area contributed by atoms with E-state index in [-0.39, 0.29) is 18.0 Å². The lowest BCUT2D eigenvalue weighted by atomic mass is 9.99. The number of anilines is 1. The van der Waals surface area contributed by atoms with E-state index in [4.69, 9.17) is 12.2 Å². The summed E-state index contributed by atoms with van der Waals surface area (Å²) in [6, 6.07) is 18.2. The molecule has 1 aliphatic carbocycles. The van der Waals surface area contributed by atoms with E-state index in [0.29, 0.717) is 24.1 Å². The number of carbonyl (C=O) groups is 1. The molecule has 2 aliphatic rings. The fourth-order valence-electron chi connectivity index (χ4n) is 5.01. The average molecular weight is 460 g/mol.